The Morgan fingerprint density at radius 2 is 0.519 bits per heavy atom. The Morgan fingerprint density at radius 3 is 0.788 bits per heavy atom. The maximum absolute atomic E-state index is 13.1. The number of ether oxygens (including phenoxy) is 4. The van der Waals surface area contributed by atoms with E-state index in [1.807, 2.05) is 0 Å². The van der Waals surface area contributed by atoms with Crippen molar-refractivity contribution in [2.45, 2.75) is 451 Å². The summed E-state index contributed by atoms with van der Waals surface area (Å²) in [6, 6.07) is 0. The average Bonchev–Trinajstić information content (AvgIpc) is 0.905. The zero-order valence-electron chi connectivity index (χ0n) is 67.7. The van der Waals surface area contributed by atoms with Crippen LogP contribution >= 0.6 is 15.6 Å². The summed E-state index contributed by atoms with van der Waals surface area (Å²) in [5.74, 6) is -1.43. The Labute approximate surface area is 637 Å². The number of unbranched alkanes of at least 4 members (excludes halogenated alkanes) is 52. The van der Waals surface area contributed by atoms with Gasteiger partial charge in [-0.3, -0.25) is 37.3 Å². The molecule has 0 heterocycles. The van der Waals surface area contributed by atoms with Crippen molar-refractivity contribution in [3.63, 3.8) is 0 Å². The molecule has 0 saturated carbocycles. The SMILES string of the molecule is CCCCCC/C=C\C=C/CCCCCCCC(=O)O[C@H](COC(=O)CCCCCCCCCC(C)C)COP(=O)(O)OC[C@H](O)COP(=O)(O)OC[C@@H](COC(=O)CCCCCCCCCCCCCCCCCCCC)OC(=O)CCCCCCCCCCCCCCCCCCCCCCC. The third-order valence-electron chi connectivity index (χ3n) is 19.4. The van der Waals surface area contributed by atoms with Gasteiger partial charge < -0.3 is 33.8 Å². The lowest BCUT2D eigenvalue weighted by Crippen LogP contribution is -2.30. The molecule has 0 aromatic heterocycles. The molecule has 0 aliphatic heterocycles. The molecular formula is C85H162O17P2. The molecule has 2 unspecified atom stereocenters. The molecule has 17 nitrogen and oxygen atoms in total. The lowest BCUT2D eigenvalue weighted by atomic mass is 10.0. The van der Waals surface area contributed by atoms with Crippen LogP contribution in [0.3, 0.4) is 0 Å². The topological polar surface area (TPSA) is 237 Å². The van der Waals surface area contributed by atoms with Crippen LogP contribution in [0.1, 0.15) is 433 Å². The van der Waals surface area contributed by atoms with Gasteiger partial charge in [-0.1, -0.05) is 380 Å². The summed E-state index contributed by atoms with van der Waals surface area (Å²) in [5.41, 5.74) is 0. The van der Waals surface area contributed by atoms with Gasteiger partial charge in [-0.05, 0) is 57.3 Å². The summed E-state index contributed by atoms with van der Waals surface area (Å²) < 4.78 is 68.8. The third kappa shape index (κ3) is 77.7. The highest BCUT2D eigenvalue weighted by atomic mass is 31.2. The van der Waals surface area contributed by atoms with Crippen molar-refractivity contribution in [2.24, 2.45) is 5.92 Å². The molecular weight excluding hydrogens is 1350 g/mol. The fraction of sp³-hybridized carbons (Fsp3) is 0.906. The highest BCUT2D eigenvalue weighted by molar-refractivity contribution is 7.47. The van der Waals surface area contributed by atoms with Gasteiger partial charge in [0.2, 0.25) is 0 Å². The largest absolute Gasteiger partial charge is 0.472 e. The van der Waals surface area contributed by atoms with E-state index < -0.39 is 97.5 Å². The van der Waals surface area contributed by atoms with E-state index in [0.29, 0.717) is 31.6 Å². The maximum atomic E-state index is 13.1. The molecule has 0 fully saturated rings. The molecule has 0 aromatic rings. The highest BCUT2D eigenvalue weighted by Crippen LogP contribution is 2.45. The van der Waals surface area contributed by atoms with Gasteiger partial charge >= 0.3 is 39.5 Å². The molecule has 614 valence electrons. The molecule has 0 rings (SSSR count). The van der Waals surface area contributed by atoms with Gasteiger partial charge in [0, 0.05) is 25.7 Å². The van der Waals surface area contributed by atoms with E-state index in [0.717, 1.165) is 109 Å². The van der Waals surface area contributed by atoms with Crippen molar-refractivity contribution in [1.29, 1.82) is 0 Å². The number of aliphatic hydroxyl groups excluding tert-OH is 1. The van der Waals surface area contributed by atoms with Gasteiger partial charge in [0.05, 0.1) is 26.4 Å². The molecule has 104 heavy (non-hydrogen) atoms. The van der Waals surface area contributed by atoms with Gasteiger partial charge in [-0.25, -0.2) is 9.13 Å². The minimum Gasteiger partial charge on any atom is -0.462 e. The van der Waals surface area contributed by atoms with Gasteiger partial charge in [0.1, 0.15) is 19.3 Å². The van der Waals surface area contributed by atoms with Crippen LogP contribution in [0.15, 0.2) is 24.3 Å². The molecule has 0 bridgehead atoms. The first-order valence-electron chi connectivity index (χ1n) is 43.5. The first-order chi connectivity index (χ1) is 50.5. The number of carbonyl (C=O) groups excluding carboxylic acids is 4. The second kappa shape index (κ2) is 77.3. The van der Waals surface area contributed by atoms with Crippen LogP contribution in [0.5, 0.6) is 0 Å². The van der Waals surface area contributed by atoms with E-state index in [4.69, 9.17) is 37.0 Å². The molecule has 0 aliphatic rings. The lowest BCUT2D eigenvalue weighted by molar-refractivity contribution is -0.161. The highest BCUT2D eigenvalue weighted by Gasteiger charge is 2.30. The van der Waals surface area contributed by atoms with Crippen LogP contribution < -0.4 is 0 Å². The quantitative estimate of drug-likeness (QED) is 0.0169. The predicted octanol–water partition coefficient (Wildman–Crippen LogP) is 25.5. The van der Waals surface area contributed by atoms with E-state index in [-0.39, 0.29) is 25.7 Å². The third-order valence-corrected chi connectivity index (χ3v) is 21.3. The summed E-state index contributed by atoms with van der Waals surface area (Å²) >= 11 is 0. The lowest BCUT2D eigenvalue weighted by Gasteiger charge is -2.21. The molecule has 0 aliphatic carbocycles. The van der Waals surface area contributed by atoms with Crippen LogP contribution in [-0.4, -0.2) is 96.7 Å². The fourth-order valence-corrected chi connectivity index (χ4v) is 14.3. The van der Waals surface area contributed by atoms with E-state index in [2.05, 4.69) is 58.9 Å². The predicted molar refractivity (Wildman–Crippen MR) is 428 cm³/mol. The van der Waals surface area contributed by atoms with Crippen molar-refractivity contribution in [2.75, 3.05) is 39.6 Å². The normalized spacial score (nSPS) is 13.9. The van der Waals surface area contributed by atoms with Crippen molar-refractivity contribution < 1.29 is 80.2 Å². The molecule has 0 saturated heterocycles. The van der Waals surface area contributed by atoms with Gasteiger partial charge in [0.25, 0.3) is 0 Å². The molecule has 0 amide bonds. The number of esters is 4. The molecule has 0 radical (unpaired) electrons. The van der Waals surface area contributed by atoms with Crippen molar-refractivity contribution in [3.8, 4) is 0 Å². The maximum Gasteiger partial charge on any atom is 0.472 e. The number of phosphoric ester groups is 2. The van der Waals surface area contributed by atoms with Crippen molar-refractivity contribution in [1.82, 2.24) is 0 Å². The Kier molecular flexibility index (Phi) is 75.4. The van der Waals surface area contributed by atoms with Crippen LogP contribution in [0.25, 0.3) is 0 Å². The number of phosphoric acid groups is 2. The van der Waals surface area contributed by atoms with Gasteiger partial charge in [0.15, 0.2) is 12.2 Å². The van der Waals surface area contributed by atoms with Crippen LogP contribution in [0, 0.1) is 5.92 Å². The van der Waals surface area contributed by atoms with E-state index in [1.54, 1.807) is 0 Å². The zero-order valence-corrected chi connectivity index (χ0v) is 69.4. The average molecular weight is 1520 g/mol. The Bertz CT molecular complexity index is 2070. The number of rotatable bonds is 83. The zero-order chi connectivity index (χ0) is 76.2. The van der Waals surface area contributed by atoms with Crippen molar-refractivity contribution >= 4 is 39.5 Å². The molecule has 19 heteroatoms. The fourth-order valence-electron chi connectivity index (χ4n) is 12.8. The van der Waals surface area contributed by atoms with Gasteiger partial charge in [-0.15, -0.1) is 0 Å². The Hall–Kier alpha value is -2.46. The summed E-state index contributed by atoms with van der Waals surface area (Å²) in [7, 11) is -9.94. The summed E-state index contributed by atoms with van der Waals surface area (Å²) in [6.45, 7) is 7.23. The van der Waals surface area contributed by atoms with E-state index in [9.17, 15) is 43.2 Å². The molecule has 0 aromatic carbocycles. The van der Waals surface area contributed by atoms with Crippen molar-refractivity contribution in [3.05, 3.63) is 24.3 Å². The van der Waals surface area contributed by atoms with Gasteiger partial charge in [-0.2, -0.15) is 0 Å². The molecule has 0 spiro atoms. The monoisotopic (exact) mass is 1520 g/mol. The van der Waals surface area contributed by atoms with Crippen LogP contribution in [0.4, 0.5) is 0 Å². The first-order valence-corrected chi connectivity index (χ1v) is 46.4. The smallest absolute Gasteiger partial charge is 0.462 e. The molecule has 3 N–H and O–H groups in total. The Balaban J connectivity index is 5.25. The molecule has 5 atom stereocenters. The first kappa shape index (κ1) is 102. The summed E-state index contributed by atoms with van der Waals surface area (Å²) in [4.78, 5) is 73.1. The summed E-state index contributed by atoms with van der Waals surface area (Å²) in [5, 5.41) is 10.7. The Morgan fingerprint density at radius 1 is 0.298 bits per heavy atom. The number of aliphatic hydroxyl groups is 1. The van der Waals surface area contributed by atoms with E-state index in [1.165, 1.54) is 238 Å². The second-order valence-corrected chi connectivity index (χ2v) is 33.3. The van der Waals surface area contributed by atoms with Crippen LogP contribution in [0.2, 0.25) is 0 Å². The standard InChI is InChI=1S/C85H162O17P2/c1-6-9-12-15-18-21-24-27-30-32-34-35-36-38-41-44-47-50-55-61-66-71-84(89)101-80(74-95-82(87)68-63-58-53-48-45-42-40-37-33-31-28-25-22-19-16-13-10-7-2)76-99-103(91,92)97-72-79(86)73-98-104(93,94)100-77-81(75-96-83(88)69-64-59-56-51-52-57-62-67-78(4)5)102-85(90)70-65-60-54-49-46-43-39-29-26-23-20-17-14-11-8-3/h23,26,29,39,78-81,86H,6-22,24-25,27-28,30-38,40-77H2,1-5H3,(H,91,92)(H,93,94)/b26-23-,39-29-/t79-,80-,81-/m1/s1. The minimum absolute atomic E-state index is 0.0847. The summed E-state index contributed by atoms with van der Waals surface area (Å²) in [6.07, 6.45) is 73.2. The second-order valence-electron chi connectivity index (χ2n) is 30.4. The number of allylic oxidation sites excluding steroid dienone is 4. The van der Waals surface area contributed by atoms with Crippen LogP contribution in [-0.2, 0) is 65.4 Å². The number of hydrogen-bond acceptors (Lipinski definition) is 15. The van der Waals surface area contributed by atoms with E-state index >= 15 is 0 Å². The minimum atomic E-state index is -4.97. The number of hydrogen-bond donors (Lipinski definition) is 3. The number of carbonyl (C=O) groups is 4.